The summed E-state index contributed by atoms with van der Waals surface area (Å²) in [6.45, 7) is 2.31. The van der Waals surface area contributed by atoms with E-state index in [0.29, 0.717) is 0 Å². The number of rotatable bonds is 2. The highest BCUT2D eigenvalue weighted by atomic mass is 15.0. The van der Waals surface area contributed by atoms with Gasteiger partial charge in [0.1, 0.15) is 0 Å². The molecule has 2 nitrogen and oxygen atoms in total. The third-order valence-electron chi connectivity index (χ3n) is 3.34. The number of imidazole rings is 1. The zero-order valence-electron chi connectivity index (χ0n) is 8.32. The second kappa shape index (κ2) is 3.95. The van der Waals surface area contributed by atoms with Gasteiger partial charge in [0.15, 0.2) is 0 Å². The molecule has 1 aliphatic carbocycles. The van der Waals surface area contributed by atoms with Gasteiger partial charge in [-0.2, -0.15) is 0 Å². The minimum Gasteiger partial charge on any atom is -0.334 e. The van der Waals surface area contributed by atoms with Crippen molar-refractivity contribution < 1.29 is 0 Å². The van der Waals surface area contributed by atoms with Crippen molar-refractivity contribution in [1.82, 2.24) is 9.55 Å². The summed E-state index contributed by atoms with van der Waals surface area (Å²) in [5.41, 5.74) is 0. The van der Waals surface area contributed by atoms with Gasteiger partial charge in [0, 0.05) is 18.4 Å². The Morgan fingerprint density at radius 1 is 1.31 bits per heavy atom. The third kappa shape index (κ3) is 1.93. The molecule has 1 fully saturated rings. The Balaban J connectivity index is 1.92. The van der Waals surface area contributed by atoms with Gasteiger partial charge in [-0.05, 0) is 31.6 Å². The van der Waals surface area contributed by atoms with Crippen molar-refractivity contribution >= 4 is 0 Å². The molecule has 0 aromatic carbocycles. The summed E-state index contributed by atoms with van der Waals surface area (Å²) in [6, 6.07) is 0.727. The van der Waals surface area contributed by atoms with Gasteiger partial charge in [-0.25, -0.2) is 4.98 Å². The maximum Gasteiger partial charge on any atom is 0.0948 e. The van der Waals surface area contributed by atoms with Crippen LogP contribution in [-0.2, 0) is 0 Å². The molecule has 0 bridgehead atoms. The van der Waals surface area contributed by atoms with Crippen LogP contribution in [0.4, 0.5) is 0 Å². The SMILES string of the molecule is CCC1CCC(n2ccnc2)CC1. The number of hydrogen-bond acceptors (Lipinski definition) is 1. The zero-order chi connectivity index (χ0) is 9.10. The lowest BCUT2D eigenvalue weighted by Crippen LogP contribution is -2.16. The molecular formula is C11H18N2. The van der Waals surface area contributed by atoms with Gasteiger partial charge >= 0.3 is 0 Å². The van der Waals surface area contributed by atoms with Crippen LogP contribution in [0.25, 0.3) is 0 Å². The summed E-state index contributed by atoms with van der Waals surface area (Å²) in [5, 5.41) is 0. The number of aromatic nitrogens is 2. The molecule has 1 aromatic heterocycles. The van der Waals surface area contributed by atoms with E-state index >= 15 is 0 Å². The third-order valence-corrected chi connectivity index (χ3v) is 3.34. The zero-order valence-corrected chi connectivity index (χ0v) is 8.32. The number of hydrogen-bond donors (Lipinski definition) is 0. The highest BCUT2D eigenvalue weighted by Gasteiger charge is 2.20. The lowest BCUT2D eigenvalue weighted by Gasteiger charge is -2.28. The highest BCUT2D eigenvalue weighted by Crippen LogP contribution is 2.33. The largest absolute Gasteiger partial charge is 0.334 e. The second-order valence-electron chi connectivity index (χ2n) is 4.09. The Bertz CT molecular complexity index is 233. The molecule has 0 radical (unpaired) electrons. The molecule has 1 aromatic rings. The average molecular weight is 178 g/mol. The first-order chi connectivity index (χ1) is 6.40. The van der Waals surface area contributed by atoms with Gasteiger partial charge in [0.25, 0.3) is 0 Å². The normalized spacial score (nSPS) is 29.0. The average Bonchev–Trinajstić information content (AvgIpc) is 2.71. The van der Waals surface area contributed by atoms with Crippen molar-refractivity contribution in [1.29, 1.82) is 0 Å². The summed E-state index contributed by atoms with van der Waals surface area (Å²) in [5.74, 6) is 0.986. The molecule has 1 saturated carbocycles. The first-order valence-electron chi connectivity index (χ1n) is 5.37. The Hall–Kier alpha value is -0.790. The van der Waals surface area contributed by atoms with Crippen LogP contribution in [0.5, 0.6) is 0 Å². The summed E-state index contributed by atoms with van der Waals surface area (Å²) in [6.07, 6.45) is 12.8. The fraction of sp³-hybridized carbons (Fsp3) is 0.727. The Kier molecular flexibility index (Phi) is 2.67. The second-order valence-corrected chi connectivity index (χ2v) is 4.09. The Morgan fingerprint density at radius 3 is 2.62 bits per heavy atom. The van der Waals surface area contributed by atoms with Crippen molar-refractivity contribution in [2.24, 2.45) is 5.92 Å². The van der Waals surface area contributed by atoms with Crippen LogP contribution < -0.4 is 0 Å². The topological polar surface area (TPSA) is 17.8 Å². The highest BCUT2D eigenvalue weighted by molar-refractivity contribution is 4.83. The van der Waals surface area contributed by atoms with Gasteiger partial charge in [-0.3, -0.25) is 0 Å². The van der Waals surface area contributed by atoms with E-state index in [2.05, 4.69) is 22.7 Å². The van der Waals surface area contributed by atoms with E-state index in [1.54, 1.807) is 0 Å². The van der Waals surface area contributed by atoms with Gasteiger partial charge in [-0.15, -0.1) is 0 Å². The first-order valence-corrected chi connectivity index (χ1v) is 5.37. The van der Waals surface area contributed by atoms with Crippen molar-refractivity contribution in [2.45, 2.75) is 45.1 Å². The predicted molar refractivity (Wildman–Crippen MR) is 53.5 cm³/mol. The molecule has 13 heavy (non-hydrogen) atoms. The quantitative estimate of drug-likeness (QED) is 0.680. The van der Waals surface area contributed by atoms with Crippen LogP contribution in [0.2, 0.25) is 0 Å². The standard InChI is InChI=1S/C11H18N2/c1-2-10-3-5-11(6-4-10)13-8-7-12-9-13/h7-11H,2-6H2,1H3. The van der Waals surface area contributed by atoms with Crippen molar-refractivity contribution in [3.8, 4) is 0 Å². The molecular weight excluding hydrogens is 160 g/mol. The lowest BCUT2D eigenvalue weighted by atomic mass is 9.84. The van der Waals surface area contributed by atoms with Gasteiger partial charge in [0.05, 0.1) is 6.33 Å². The van der Waals surface area contributed by atoms with E-state index in [1.165, 1.54) is 32.1 Å². The summed E-state index contributed by atoms with van der Waals surface area (Å²) in [7, 11) is 0. The summed E-state index contributed by atoms with van der Waals surface area (Å²) >= 11 is 0. The minimum atomic E-state index is 0.727. The van der Waals surface area contributed by atoms with E-state index in [4.69, 9.17) is 0 Å². The molecule has 2 heteroatoms. The molecule has 1 aliphatic rings. The van der Waals surface area contributed by atoms with Crippen LogP contribution in [-0.4, -0.2) is 9.55 Å². The molecule has 0 spiro atoms. The van der Waals surface area contributed by atoms with E-state index in [0.717, 1.165) is 12.0 Å². The minimum absolute atomic E-state index is 0.727. The van der Waals surface area contributed by atoms with Crippen LogP contribution in [0.1, 0.15) is 45.1 Å². The first kappa shape index (κ1) is 8.79. The molecule has 72 valence electrons. The van der Waals surface area contributed by atoms with Gasteiger partial charge in [-0.1, -0.05) is 13.3 Å². The maximum atomic E-state index is 4.10. The van der Waals surface area contributed by atoms with E-state index in [9.17, 15) is 0 Å². The molecule has 0 atom stereocenters. The maximum absolute atomic E-state index is 4.10. The molecule has 1 heterocycles. The number of nitrogens with zero attached hydrogens (tertiary/aromatic N) is 2. The molecule has 0 N–H and O–H groups in total. The molecule has 0 aliphatic heterocycles. The lowest BCUT2D eigenvalue weighted by molar-refractivity contribution is 0.269. The smallest absolute Gasteiger partial charge is 0.0948 e. The summed E-state index contributed by atoms with van der Waals surface area (Å²) < 4.78 is 2.27. The van der Waals surface area contributed by atoms with Crippen LogP contribution >= 0.6 is 0 Å². The molecule has 2 rings (SSSR count). The Labute approximate surface area is 80.0 Å². The fourth-order valence-corrected chi connectivity index (χ4v) is 2.34. The molecule has 0 amide bonds. The van der Waals surface area contributed by atoms with E-state index in [-0.39, 0.29) is 0 Å². The van der Waals surface area contributed by atoms with Crippen LogP contribution in [0.3, 0.4) is 0 Å². The Morgan fingerprint density at radius 2 is 2.08 bits per heavy atom. The van der Waals surface area contributed by atoms with Crippen molar-refractivity contribution in [3.05, 3.63) is 18.7 Å². The summed E-state index contributed by atoms with van der Waals surface area (Å²) in [4.78, 5) is 4.10. The van der Waals surface area contributed by atoms with Gasteiger partial charge < -0.3 is 4.57 Å². The van der Waals surface area contributed by atoms with E-state index in [1.807, 2.05) is 12.5 Å². The van der Waals surface area contributed by atoms with E-state index < -0.39 is 0 Å². The van der Waals surface area contributed by atoms with Crippen molar-refractivity contribution in [2.75, 3.05) is 0 Å². The predicted octanol–water partition coefficient (Wildman–Crippen LogP) is 3.02. The fourth-order valence-electron chi connectivity index (χ4n) is 2.34. The van der Waals surface area contributed by atoms with Crippen molar-refractivity contribution in [3.63, 3.8) is 0 Å². The monoisotopic (exact) mass is 178 g/mol. The van der Waals surface area contributed by atoms with Crippen LogP contribution in [0.15, 0.2) is 18.7 Å². The van der Waals surface area contributed by atoms with Crippen LogP contribution in [0, 0.1) is 5.92 Å². The molecule has 0 saturated heterocycles. The molecule has 0 unspecified atom stereocenters. The van der Waals surface area contributed by atoms with Gasteiger partial charge in [0.2, 0.25) is 0 Å².